The van der Waals surface area contributed by atoms with E-state index in [1.54, 1.807) is 48.5 Å². The van der Waals surface area contributed by atoms with E-state index in [0.29, 0.717) is 27.9 Å². The Balaban J connectivity index is 1.10. The molecule has 1 N–H and O–H groups in total. The number of benzene rings is 3. The van der Waals surface area contributed by atoms with Crippen molar-refractivity contribution in [1.82, 2.24) is 19.9 Å². The Labute approximate surface area is 265 Å². The van der Waals surface area contributed by atoms with Gasteiger partial charge in [-0.25, -0.2) is 36.9 Å². The first-order chi connectivity index (χ1) is 22.2. The van der Waals surface area contributed by atoms with E-state index >= 15 is 4.39 Å². The van der Waals surface area contributed by atoms with Crippen molar-refractivity contribution in [3.05, 3.63) is 120 Å². The van der Waals surface area contributed by atoms with Crippen LogP contribution in [0.5, 0.6) is 0 Å². The third kappa shape index (κ3) is 7.81. The number of hydrogen-bond acceptors (Lipinski definition) is 8. The Morgan fingerprint density at radius 2 is 1.63 bits per heavy atom. The second-order valence-corrected chi connectivity index (χ2v) is 13.3. The zero-order chi connectivity index (χ0) is 32.1. The molecule has 3 heterocycles. The van der Waals surface area contributed by atoms with Gasteiger partial charge in [0.25, 0.3) is 0 Å². The van der Waals surface area contributed by atoms with Gasteiger partial charge in [-0.05, 0) is 29.3 Å². The number of piperidine rings is 1. The summed E-state index contributed by atoms with van der Waals surface area (Å²) in [5.74, 6) is -0.971. The molecule has 2 atom stereocenters. The maximum absolute atomic E-state index is 15.0. The number of sulfone groups is 1. The van der Waals surface area contributed by atoms with Gasteiger partial charge in [-0.3, -0.25) is 0 Å². The van der Waals surface area contributed by atoms with Crippen molar-refractivity contribution in [3.8, 4) is 11.3 Å². The zero-order valence-electron chi connectivity index (χ0n) is 24.7. The average molecular weight is 644 g/mol. The van der Waals surface area contributed by atoms with E-state index in [-0.39, 0.29) is 43.4 Å². The summed E-state index contributed by atoms with van der Waals surface area (Å²) in [6.07, 6.45) is -0.143. The molecule has 1 aliphatic rings. The highest BCUT2D eigenvalue weighted by Crippen LogP contribution is 2.25. The standard InChI is InChI=1S/C34H31F2N5O4S/c35-27-16-28(19-41(18-27)34(42)45-20-23-7-3-1-4-8-23)38-33-37-17-32-31(40-33)14-13-30(39-32)25-11-12-26(29(36)15-25)22-46(43,44)21-24-9-5-2-6-10-24/h1-15,17,27-28H,16,18-22H2,(H,37,38,40)/t27-,28-/m0/s1. The Hall–Kier alpha value is -4.97. The molecule has 0 bridgehead atoms. The molecular weight excluding hydrogens is 612 g/mol. The smallest absolute Gasteiger partial charge is 0.410 e. The molecule has 0 saturated carbocycles. The minimum Gasteiger partial charge on any atom is -0.445 e. The van der Waals surface area contributed by atoms with Gasteiger partial charge in [0, 0.05) is 30.1 Å². The first kappa shape index (κ1) is 31.0. The fraction of sp³-hybridized carbons (Fsp3) is 0.235. The van der Waals surface area contributed by atoms with E-state index in [2.05, 4.69) is 20.3 Å². The van der Waals surface area contributed by atoms with E-state index < -0.39 is 39.7 Å². The minimum absolute atomic E-state index is 0.0534. The van der Waals surface area contributed by atoms with Gasteiger partial charge in [-0.2, -0.15) is 0 Å². The van der Waals surface area contributed by atoms with Crippen molar-refractivity contribution < 1.29 is 26.7 Å². The van der Waals surface area contributed by atoms with Crippen LogP contribution in [0.1, 0.15) is 23.1 Å². The molecule has 0 unspecified atom stereocenters. The fourth-order valence-corrected chi connectivity index (χ4v) is 6.89. The number of halogens is 2. The molecule has 1 aliphatic heterocycles. The van der Waals surface area contributed by atoms with Crippen molar-refractivity contribution >= 4 is 32.9 Å². The molecule has 5 aromatic rings. The number of nitrogens with zero attached hydrogens (tertiary/aromatic N) is 4. The molecule has 9 nitrogen and oxygen atoms in total. The maximum Gasteiger partial charge on any atom is 0.410 e. The van der Waals surface area contributed by atoms with Gasteiger partial charge in [-0.1, -0.05) is 72.8 Å². The van der Waals surface area contributed by atoms with Crippen molar-refractivity contribution in [2.75, 3.05) is 18.4 Å². The SMILES string of the molecule is O=C(OCc1ccccc1)N1C[C@@H](F)C[C@H](Nc2ncc3nc(-c4ccc(CS(=O)(=O)Cc5ccccc5)c(F)c4)ccc3n2)C1. The van der Waals surface area contributed by atoms with Crippen LogP contribution in [0.3, 0.4) is 0 Å². The first-order valence-corrected chi connectivity index (χ1v) is 16.6. The Bertz CT molecular complexity index is 1950. The van der Waals surface area contributed by atoms with Crippen molar-refractivity contribution in [1.29, 1.82) is 0 Å². The average Bonchev–Trinajstić information content (AvgIpc) is 3.04. The molecule has 236 valence electrons. The van der Waals surface area contributed by atoms with Gasteiger partial charge >= 0.3 is 6.09 Å². The summed E-state index contributed by atoms with van der Waals surface area (Å²) in [6.45, 7) is 0.269. The van der Waals surface area contributed by atoms with E-state index in [0.717, 1.165) is 5.56 Å². The number of fused-ring (bicyclic) bond motifs is 1. The summed E-state index contributed by atoms with van der Waals surface area (Å²) in [7, 11) is -3.58. The van der Waals surface area contributed by atoms with Crippen LogP contribution in [-0.4, -0.2) is 59.7 Å². The molecule has 3 aromatic carbocycles. The monoisotopic (exact) mass is 643 g/mol. The molecular formula is C34H31F2N5O4S. The Morgan fingerprint density at radius 3 is 2.37 bits per heavy atom. The highest BCUT2D eigenvalue weighted by atomic mass is 32.2. The molecule has 1 fully saturated rings. The lowest BCUT2D eigenvalue weighted by Crippen LogP contribution is -2.50. The van der Waals surface area contributed by atoms with E-state index in [4.69, 9.17) is 4.74 Å². The van der Waals surface area contributed by atoms with Crippen molar-refractivity contribution in [3.63, 3.8) is 0 Å². The van der Waals surface area contributed by atoms with Crippen LogP contribution in [-0.2, 0) is 32.7 Å². The highest BCUT2D eigenvalue weighted by Gasteiger charge is 2.31. The first-order valence-electron chi connectivity index (χ1n) is 14.7. The number of carbonyl (C=O) groups excluding carboxylic acids is 1. The molecule has 46 heavy (non-hydrogen) atoms. The van der Waals surface area contributed by atoms with Gasteiger partial charge in [-0.15, -0.1) is 0 Å². The number of rotatable bonds is 9. The number of aromatic nitrogens is 3. The molecule has 2 aromatic heterocycles. The van der Waals surface area contributed by atoms with Crippen LogP contribution >= 0.6 is 0 Å². The van der Waals surface area contributed by atoms with Crippen LogP contribution in [0.25, 0.3) is 22.3 Å². The van der Waals surface area contributed by atoms with Crippen molar-refractivity contribution in [2.45, 2.75) is 36.7 Å². The van der Waals surface area contributed by atoms with Crippen LogP contribution in [0.4, 0.5) is 19.5 Å². The summed E-state index contributed by atoms with van der Waals surface area (Å²) in [5, 5.41) is 3.12. The van der Waals surface area contributed by atoms with Gasteiger partial charge in [0.15, 0.2) is 9.84 Å². The van der Waals surface area contributed by atoms with Gasteiger partial charge in [0.05, 0.1) is 35.5 Å². The molecule has 1 saturated heterocycles. The minimum atomic E-state index is -3.58. The summed E-state index contributed by atoms with van der Waals surface area (Å²) >= 11 is 0. The molecule has 6 rings (SSSR count). The highest BCUT2D eigenvalue weighted by molar-refractivity contribution is 7.89. The third-order valence-corrected chi connectivity index (χ3v) is 9.11. The maximum atomic E-state index is 15.0. The van der Waals surface area contributed by atoms with E-state index in [1.807, 2.05) is 30.3 Å². The Kier molecular flexibility index (Phi) is 9.16. The van der Waals surface area contributed by atoms with Crippen LogP contribution in [0.15, 0.2) is 97.2 Å². The predicted octanol–water partition coefficient (Wildman–Crippen LogP) is 6.11. The number of pyridine rings is 1. The van der Waals surface area contributed by atoms with Crippen LogP contribution in [0, 0.1) is 5.82 Å². The van der Waals surface area contributed by atoms with Crippen molar-refractivity contribution in [2.24, 2.45) is 0 Å². The normalized spacial score (nSPS) is 16.7. The number of amides is 1. The summed E-state index contributed by atoms with van der Waals surface area (Å²) in [4.78, 5) is 27.4. The van der Waals surface area contributed by atoms with E-state index in [9.17, 15) is 17.6 Å². The number of nitrogens with one attached hydrogen (secondary N) is 1. The van der Waals surface area contributed by atoms with E-state index in [1.165, 1.54) is 23.2 Å². The Morgan fingerprint density at radius 1 is 0.891 bits per heavy atom. The molecule has 0 aliphatic carbocycles. The molecule has 12 heteroatoms. The second kappa shape index (κ2) is 13.6. The zero-order valence-corrected chi connectivity index (χ0v) is 25.5. The largest absolute Gasteiger partial charge is 0.445 e. The fourth-order valence-electron chi connectivity index (χ4n) is 5.38. The lowest BCUT2D eigenvalue weighted by molar-refractivity contribution is 0.0685. The van der Waals surface area contributed by atoms with Gasteiger partial charge < -0.3 is 15.0 Å². The molecule has 0 spiro atoms. The van der Waals surface area contributed by atoms with Gasteiger partial charge in [0.2, 0.25) is 5.95 Å². The second-order valence-electron chi connectivity index (χ2n) is 11.2. The topological polar surface area (TPSA) is 114 Å². The molecule has 0 radical (unpaired) electrons. The summed E-state index contributed by atoms with van der Waals surface area (Å²) in [6, 6.07) is 25.4. The number of anilines is 1. The number of carbonyl (C=O) groups is 1. The quantitative estimate of drug-likeness (QED) is 0.205. The summed E-state index contributed by atoms with van der Waals surface area (Å²) in [5.41, 5.74) is 3.47. The van der Waals surface area contributed by atoms with Crippen LogP contribution in [0.2, 0.25) is 0 Å². The lowest BCUT2D eigenvalue weighted by Gasteiger charge is -2.34. The van der Waals surface area contributed by atoms with Crippen LogP contribution < -0.4 is 5.32 Å². The number of likely N-dealkylation sites (tertiary alicyclic amines) is 1. The lowest BCUT2D eigenvalue weighted by atomic mass is 10.0. The number of hydrogen-bond donors (Lipinski definition) is 1. The summed E-state index contributed by atoms with van der Waals surface area (Å²) < 4.78 is 60.4. The number of ether oxygens (including phenoxy) is 1. The number of alkyl halides is 1. The third-order valence-electron chi connectivity index (χ3n) is 7.59. The predicted molar refractivity (Wildman–Crippen MR) is 171 cm³/mol. The van der Waals surface area contributed by atoms with Gasteiger partial charge in [0.1, 0.15) is 24.1 Å². The molecule has 1 amide bonds.